The van der Waals surface area contributed by atoms with Gasteiger partial charge in [0.25, 0.3) is 0 Å². The summed E-state index contributed by atoms with van der Waals surface area (Å²) in [6.45, 7) is 13.3. The van der Waals surface area contributed by atoms with Crippen molar-refractivity contribution in [2.75, 3.05) is 0 Å². The Labute approximate surface area is 83.9 Å². The summed E-state index contributed by atoms with van der Waals surface area (Å²) in [5, 5.41) is 0. The third-order valence-corrected chi connectivity index (χ3v) is 2.07. The van der Waals surface area contributed by atoms with Gasteiger partial charge < -0.3 is 4.74 Å². The highest BCUT2D eigenvalue weighted by Crippen LogP contribution is 2.14. The Balaban J connectivity index is 3.58. The van der Waals surface area contributed by atoms with E-state index in [1.165, 1.54) is 12.8 Å². The summed E-state index contributed by atoms with van der Waals surface area (Å²) >= 11 is 0. The third-order valence-electron chi connectivity index (χ3n) is 2.07. The minimum absolute atomic E-state index is 0.411. The van der Waals surface area contributed by atoms with Crippen molar-refractivity contribution in [3.05, 3.63) is 0 Å². The molecule has 0 spiro atoms. The van der Waals surface area contributed by atoms with Crippen LogP contribution in [0.3, 0.4) is 0 Å². The summed E-state index contributed by atoms with van der Waals surface area (Å²) < 4.78 is 5.87. The molecule has 80 valence electrons. The number of hydrogen-bond acceptors (Lipinski definition) is 1. The van der Waals surface area contributed by atoms with Crippen molar-refractivity contribution >= 4 is 0 Å². The van der Waals surface area contributed by atoms with Gasteiger partial charge in [-0.3, -0.25) is 0 Å². The van der Waals surface area contributed by atoms with E-state index in [2.05, 4.69) is 41.5 Å². The highest BCUT2D eigenvalue weighted by atomic mass is 16.5. The Morgan fingerprint density at radius 1 is 0.692 bits per heavy atom. The SMILES string of the molecule is CC(C)CC(C)OC(C)CC(C)C. The number of rotatable bonds is 6. The van der Waals surface area contributed by atoms with Crippen molar-refractivity contribution in [3.8, 4) is 0 Å². The number of ether oxygens (including phenoxy) is 1. The first-order valence-corrected chi connectivity index (χ1v) is 5.57. The molecule has 0 aliphatic heterocycles. The molecule has 0 saturated carbocycles. The Bertz CT molecular complexity index is 104. The monoisotopic (exact) mass is 186 g/mol. The van der Waals surface area contributed by atoms with Crippen LogP contribution in [0, 0.1) is 11.8 Å². The van der Waals surface area contributed by atoms with Crippen LogP contribution in [-0.2, 0) is 4.74 Å². The van der Waals surface area contributed by atoms with Gasteiger partial charge in [0, 0.05) is 0 Å². The molecule has 0 aromatic carbocycles. The Hall–Kier alpha value is -0.0400. The lowest BCUT2D eigenvalue weighted by Crippen LogP contribution is -2.20. The van der Waals surface area contributed by atoms with E-state index in [1.807, 2.05) is 0 Å². The fourth-order valence-corrected chi connectivity index (χ4v) is 1.84. The molecule has 0 aliphatic carbocycles. The van der Waals surface area contributed by atoms with Crippen molar-refractivity contribution in [2.45, 2.75) is 66.6 Å². The van der Waals surface area contributed by atoms with Gasteiger partial charge in [-0.05, 0) is 38.5 Å². The molecule has 2 unspecified atom stereocenters. The Kier molecular flexibility index (Phi) is 6.40. The average Bonchev–Trinajstić information content (AvgIpc) is 1.80. The first-order valence-electron chi connectivity index (χ1n) is 5.57. The Morgan fingerprint density at radius 2 is 1.00 bits per heavy atom. The minimum Gasteiger partial charge on any atom is -0.376 e. The maximum Gasteiger partial charge on any atom is 0.0553 e. The lowest BCUT2D eigenvalue weighted by atomic mass is 10.1. The molecule has 0 aromatic heterocycles. The van der Waals surface area contributed by atoms with Crippen LogP contribution in [0.4, 0.5) is 0 Å². The van der Waals surface area contributed by atoms with E-state index in [1.54, 1.807) is 0 Å². The molecule has 1 nitrogen and oxygen atoms in total. The average molecular weight is 186 g/mol. The first-order chi connectivity index (χ1) is 5.91. The molecule has 1 heteroatoms. The zero-order valence-corrected chi connectivity index (χ0v) is 10.1. The summed E-state index contributed by atoms with van der Waals surface area (Å²) in [5.41, 5.74) is 0. The highest BCUT2D eigenvalue weighted by molar-refractivity contribution is 4.59. The van der Waals surface area contributed by atoms with Crippen LogP contribution in [0.15, 0.2) is 0 Å². The molecule has 0 saturated heterocycles. The maximum absolute atomic E-state index is 5.87. The van der Waals surface area contributed by atoms with Gasteiger partial charge in [-0.25, -0.2) is 0 Å². The zero-order valence-electron chi connectivity index (χ0n) is 10.1. The second-order valence-corrected chi connectivity index (χ2v) is 5.02. The van der Waals surface area contributed by atoms with E-state index in [-0.39, 0.29) is 0 Å². The molecule has 0 N–H and O–H groups in total. The smallest absolute Gasteiger partial charge is 0.0553 e. The van der Waals surface area contributed by atoms with Crippen LogP contribution in [0.2, 0.25) is 0 Å². The molecule has 13 heavy (non-hydrogen) atoms. The second-order valence-electron chi connectivity index (χ2n) is 5.02. The minimum atomic E-state index is 0.411. The van der Waals surface area contributed by atoms with Crippen LogP contribution in [0.5, 0.6) is 0 Å². The van der Waals surface area contributed by atoms with E-state index >= 15 is 0 Å². The topological polar surface area (TPSA) is 9.23 Å². The van der Waals surface area contributed by atoms with E-state index in [0.29, 0.717) is 12.2 Å². The molecule has 0 bridgehead atoms. The van der Waals surface area contributed by atoms with Gasteiger partial charge >= 0.3 is 0 Å². The molecule has 0 radical (unpaired) electrons. The molecule has 0 rings (SSSR count). The normalized spacial score (nSPS) is 16.6. The van der Waals surface area contributed by atoms with Gasteiger partial charge in [-0.2, -0.15) is 0 Å². The summed E-state index contributed by atoms with van der Waals surface area (Å²) in [5.74, 6) is 1.47. The Morgan fingerprint density at radius 3 is 1.23 bits per heavy atom. The van der Waals surface area contributed by atoms with Gasteiger partial charge in [0.15, 0.2) is 0 Å². The van der Waals surface area contributed by atoms with Crippen LogP contribution < -0.4 is 0 Å². The first kappa shape index (κ1) is 13.0. The molecular weight excluding hydrogens is 160 g/mol. The maximum atomic E-state index is 5.87. The van der Waals surface area contributed by atoms with E-state index in [0.717, 1.165) is 11.8 Å². The van der Waals surface area contributed by atoms with E-state index < -0.39 is 0 Å². The quantitative estimate of drug-likeness (QED) is 0.612. The number of hydrogen-bond donors (Lipinski definition) is 0. The van der Waals surface area contributed by atoms with Gasteiger partial charge in [0.2, 0.25) is 0 Å². The van der Waals surface area contributed by atoms with Crippen molar-refractivity contribution in [1.82, 2.24) is 0 Å². The molecule has 0 heterocycles. The molecule has 0 amide bonds. The van der Waals surface area contributed by atoms with E-state index in [4.69, 9.17) is 4.74 Å². The van der Waals surface area contributed by atoms with Crippen molar-refractivity contribution in [1.29, 1.82) is 0 Å². The summed E-state index contributed by atoms with van der Waals surface area (Å²) in [6.07, 6.45) is 3.16. The van der Waals surface area contributed by atoms with Crippen LogP contribution in [-0.4, -0.2) is 12.2 Å². The third kappa shape index (κ3) is 8.29. The van der Waals surface area contributed by atoms with Gasteiger partial charge in [0.1, 0.15) is 0 Å². The van der Waals surface area contributed by atoms with Crippen molar-refractivity contribution in [3.63, 3.8) is 0 Å². The molecule has 0 aliphatic rings. The van der Waals surface area contributed by atoms with Crippen molar-refractivity contribution < 1.29 is 4.74 Å². The van der Waals surface area contributed by atoms with Crippen LogP contribution in [0.25, 0.3) is 0 Å². The summed E-state index contributed by atoms with van der Waals surface area (Å²) in [7, 11) is 0. The second kappa shape index (κ2) is 6.42. The largest absolute Gasteiger partial charge is 0.376 e. The van der Waals surface area contributed by atoms with Gasteiger partial charge in [-0.15, -0.1) is 0 Å². The highest BCUT2D eigenvalue weighted by Gasteiger charge is 2.11. The predicted octanol–water partition coefficient (Wildman–Crippen LogP) is 3.87. The lowest BCUT2D eigenvalue weighted by molar-refractivity contribution is -0.0113. The predicted molar refractivity (Wildman–Crippen MR) is 58.9 cm³/mol. The molecule has 2 atom stereocenters. The van der Waals surface area contributed by atoms with Gasteiger partial charge in [-0.1, -0.05) is 27.7 Å². The van der Waals surface area contributed by atoms with Crippen LogP contribution in [0.1, 0.15) is 54.4 Å². The molecule has 0 aromatic rings. The fraction of sp³-hybridized carbons (Fsp3) is 1.00. The molecule has 0 fully saturated rings. The van der Waals surface area contributed by atoms with Gasteiger partial charge in [0.05, 0.1) is 12.2 Å². The van der Waals surface area contributed by atoms with E-state index in [9.17, 15) is 0 Å². The summed E-state index contributed by atoms with van der Waals surface area (Å²) in [4.78, 5) is 0. The van der Waals surface area contributed by atoms with Crippen LogP contribution >= 0.6 is 0 Å². The summed E-state index contributed by atoms with van der Waals surface area (Å²) in [6, 6.07) is 0. The lowest BCUT2D eigenvalue weighted by Gasteiger charge is -2.21. The van der Waals surface area contributed by atoms with Crippen molar-refractivity contribution in [2.24, 2.45) is 11.8 Å². The standard InChI is InChI=1S/C12H26O/c1-9(2)7-11(5)13-12(6)8-10(3)4/h9-12H,7-8H2,1-6H3. The molecular formula is C12H26O. The zero-order chi connectivity index (χ0) is 10.4. The fourth-order valence-electron chi connectivity index (χ4n) is 1.84.